The van der Waals surface area contributed by atoms with Crippen LogP contribution in [0, 0.1) is 10.1 Å². The Balaban J connectivity index is 1.97. The van der Waals surface area contributed by atoms with Crippen LogP contribution in [-0.2, 0) is 4.79 Å². The molecular weight excluding hydrogens is 312 g/mol. The van der Waals surface area contributed by atoms with Crippen LogP contribution >= 0.6 is 0 Å². The third-order valence-electron chi connectivity index (χ3n) is 3.90. The first-order valence-corrected chi connectivity index (χ1v) is 7.99. The number of carbonyl (C=O) groups is 1. The summed E-state index contributed by atoms with van der Waals surface area (Å²) in [5, 5.41) is 13.8. The SMILES string of the molecule is COc1cc([N+](=O)[O-])ccc1N1CCN(CC(=O)NC(C)C)CC1. The molecule has 0 radical (unpaired) electrons. The van der Waals surface area contributed by atoms with E-state index in [-0.39, 0.29) is 17.6 Å². The summed E-state index contributed by atoms with van der Waals surface area (Å²) in [7, 11) is 1.51. The van der Waals surface area contributed by atoms with Gasteiger partial charge in [0.1, 0.15) is 5.75 Å². The number of anilines is 1. The summed E-state index contributed by atoms with van der Waals surface area (Å²) in [6.45, 7) is 7.26. The van der Waals surface area contributed by atoms with Crippen LogP contribution in [0.1, 0.15) is 13.8 Å². The van der Waals surface area contributed by atoms with Crippen molar-refractivity contribution in [3.05, 3.63) is 28.3 Å². The highest BCUT2D eigenvalue weighted by Crippen LogP contribution is 2.32. The predicted octanol–water partition coefficient (Wildman–Crippen LogP) is 1.25. The lowest BCUT2D eigenvalue weighted by atomic mass is 10.2. The van der Waals surface area contributed by atoms with Gasteiger partial charge < -0.3 is 15.0 Å². The van der Waals surface area contributed by atoms with Crippen LogP contribution in [0.2, 0.25) is 0 Å². The molecule has 1 saturated heterocycles. The zero-order valence-corrected chi connectivity index (χ0v) is 14.3. The normalized spacial score (nSPS) is 15.4. The monoisotopic (exact) mass is 336 g/mol. The maximum atomic E-state index is 11.8. The molecule has 1 aromatic carbocycles. The molecule has 8 heteroatoms. The number of ether oxygens (including phenoxy) is 1. The highest BCUT2D eigenvalue weighted by molar-refractivity contribution is 5.78. The molecule has 1 amide bonds. The molecule has 0 bridgehead atoms. The highest BCUT2D eigenvalue weighted by atomic mass is 16.6. The first kappa shape index (κ1) is 18.0. The van der Waals surface area contributed by atoms with Crippen molar-refractivity contribution >= 4 is 17.3 Å². The maximum Gasteiger partial charge on any atom is 0.273 e. The van der Waals surface area contributed by atoms with Crippen molar-refractivity contribution in [2.24, 2.45) is 0 Å². The standard InChI is InChI=1S/C16H24N4O4/c1-12(2)17-16(21)11-18-6-8-19(9-7-18)14-5-4-13(20(22)23)10-15(14)24-3/h4-5,10,12H,6-9,11H2,1-3H3,(H,17,21). The van der Waals surface area contributed by atoms with Gasteiger partial charge in [0.25, 0.3) is 5.69 Å². The molecule has 1 aromatic rings. The quantitative estimate of drug-likeness (QED) is 0.621. The zero-order chi connectivity index (χ0) is 17.7. The molecular formula is C16H24N4O4. The number of nitro benzene ring substituents is 1. The summed E-state index contributed by atoms with van der Waals surface area (Å²) in [4.78, 5) is 26.5. The van der Waals surface area contributed by atoms with Crippen molar-refractivity contribution in [3.63, 3.8) is 0 Å². The number of nitrogens with zero attached hydrogens (tertiary/aromatic N) is 3. The number of piperazine rings is 1. The van der Waals surface area contributed by atoms with E-state index >= 15 is 0 Å². The average molecular weight is 336 g/mol. The first-order valence-electron chi connectivity index (χ1n) is 7.99. The zero-order valence-electron chi connectivity index (χ0n) is 14.3. The van der Waals surface area contributed by atoms with Crippen LogP contribution in [0.3, 0.4) is 0 Å². The lowest BCUT2D eigenvalue weighted by Crippen LogP contribution is -2.50. The van der Waals surface area contributed by atoms with Crippen LogP contribution in [0.4, 0.5) is 11.4 Å². The number of methoxy groups -OCH3 is 1. The molecule has 24 heavy (non-hydrogen) atoms. The molecule has 0 saturated carbocycles. The molecule has 1 fully saturated rings. The van der Waals surface area contributed by atoms with E-state index in [2.05, 4.69) is 15.1 Å². The predicted molar refractivity (Wildman–Crippen MR) is 91.6 cm³/mol. The van der Waals surface area contributed by atoms with Gasteiger partial charge in [-0.15, -0.1) is 0 Å². The van der Waals surface area contributed by atoms with E-state index in [0.29, 0.717) is 12.3 Å². The molecule has 1 aliphatic heterocycles. The minimum atomic E-state index is -0.433. The summed E-state index contributed by atoms with van der Waals surface area (Å²) in [6, 6.07) is 4.79. The topological polar surface area (TPSA) is 88.0 Å². The van der Waals surface area contributed by atoms with Gasteiger partial charge in [0.2, 0.25) is 5.91 Å². The molecule has 0 spiro atoms. The van der Waals surface area contributed by atoms with Gasteiger partial charge in [-0.1, -0.05) is 0 Å². The van der Waals surface area contributed by atoms with Crippen molar-refractivity contribution < 1.29 is 14.5 Å². The summed E-state index contributed by atoms with van der Waals surface area (Å²) in [5.41, 5.74) is 0.856. The second-order valence-electron chi connectivity index (χ2n) is 6.10. The fourth-order valence-corrected chi connectivity index (χ4v) is 2.76. The number of non-ortho nitro benzene ring substituents is 1. The van der Waals surface area contributed by atoms with E-state index in [9.17, 15) is 14.9 Å². The second-order valence-corrected chi connectivity index (χ2v) is 6.10. The Morgan fingerprint density at radius 1 is 1.33 bits per heavy atom. The van der Waals surface area contributed by atoms with Crippen LogP contribution in [0.5, 0.6) is 5.75 Å². The number of amides is 1. The third-order valence-corrected chi connectivity index (χ3v) is 3.90. The minimum Gasteiger partial charge on any atom is -0.494 e. The van der Waals surface area contributed by atoms with Gasteiger partial charge >= 0.3 is 0 Å². The van der Waals surface area contributed by atoms with E-state index in [1.807, 2.05) is 13.8 Å². The number of nitrogens with one attached hydrogen (secondary N) is 1. The largest absolute Gasteiger partial charge is 0.494 e. The Bertz CT molecular complexity index is 598. The van der Waals surface area contributed by atoms with Gasteiger partial charge in [-0.2, -0.15) is 0 Å². The number of nitro groups is 1. The van der Waals surface area contributed by atoms with E-state index in [1.54, 1.807) is 6.07 Å². The van der Waals surface area contributed by atoms with Crippen molar-refractivity contribution in [2.45, 2.75) is 19.9 Å². The van der Waals surface area contributed by atoms with E-state index in [0.717, 1.165) is 31.9 Å². The van der Waals surface area contributed by atoms with Crippen LogP contribution in [-0.4, -0.2) is 61.6 Å². The summed E-state index contributed by atoms with van der Waals surface area (Å²) >= 11 is 0. The lowest BCUT2D eigenvalue weighted by molar-refractivity contribution is -0.384. The molecule has 1 aliphatic rings. The Kier molecular flexibility index (Phi) is 5.97. The van der Waals surface area contributed by atoms with Crippen molar-refractivity contribution in [1.82, 2.24) is 10.2 Å². The molecule has 0 aliphatic carbocycles. The van der Waals surface area contributed by atoms with Crippen molar-refractivity contribution in [3.8, 4) is 5.75 Å². The van der Waals surface area contributed by atoms with E-state index < -0.39 is 4.92 Å². The third kappa shape index (κ3) is 4.58. The molecule has 1 N–H and O–H groups in total. The maximum absolute atomic E-state index is 11.8. The Hall–Kier alpha value is -2.35. The van der Waals surface area contributed by atoms with Gasteiger partial charge in [-0.25, -0.2) is 0 Å². The number of rotatable bonds is 6. The van der Waals surface area contributed by atoms with Gasteiger partial charge in [0, 0.05) is 38.3 Å². The molecule has 2 rings (SSSR count). The smallest absolute Gasteiger partial charge is 0.273 e. The minimum absolute atomic E-state index is 0.0135. The van der Waals surface area contributed by atoms with Gasteiger partial charge in [0.05, 0.1) is 30.3 Å². The van der Waals surface area contributed by atoms with Gasteiger partial charge in [-0.05, 0) is 19.9 Å². The first-order chi connectivity index (χ1) is 11.4. The van der Waals surface area contributed by atoms with Crippen molar-refractivity contribution in [1.29, 1.82) is 0 Å². The number of hydrogen-bond donors (Lipinski definition) is 1. The van der Waals surface area contributed by atoms with E-state index in [1.165, 1.54) is 19.2 Å². The summed E-state index contributed by atoms with van der Waals surface area (Å²) in [5.74, 6) is 0.529. The molecule has 1 heterocycles. The molecule has 8 nitrogen and oxygen atoms in total. The van der Waals surface area contributed by atoms with Crippen LogP contribution in [0.25, 0.3) is 0 Å². The fraction of sp³-hybridized carbons (Fsp3) is 0.562. The fourth-order valence-electron chi connectivity index (χ4n) is 2.76. The number of hydrogen-bond acceptors (Lipinski definition) is 6. The molecule has 0 unspecified atom stereocenters. The van der Waals surface area contributed by atoms with Gasteiger partial charge in [0.15, 0.2) is 0 Å². The van der Waals surface area contributed by atoms with Gasteiger partial charge in [-0.3, -0.25) is 19.8 Å². The average Bonchev–Trinajstić information content (AvgIpc) is 2.54. The van der Waals surface area contributed by atoms with E-state index in [4.69, 9.17) is 4.74 Å². The summed E-state index contributed by atoms with van der Waals surface area (Å²) < 4.78 is 5.30. The van der Waals surface area contributed by atoms with Crippen LogP contribution in [0.15, 0.2) is 18.2 Å². The second kappa shape index (κ2) is 7.96. The molecule has 132 valence electrons. The lowest BCUT2D eigenvalue weighted by Gasteiger charge is -2.36. The molecule has 0 atom stereocenters. The van der Waals surface area contributed by atoms with Crippen LogP contribution < -0.4 is 15.0 Å². The highest BCUT2D eigenvalue weighted by Gasteiger charge is 2.22. The number of carbonyl (C=O) groups excluding carboxylic acids is 1. The summed E-state index contributed by atoms with van der Waals surface area (Å²) in [6.07, 6.45) is 0. The Morgan fingerprint density at radius 2 is 2.00 bits per heavy atom. The Morgan fingerprint density at radius 3 is 2.54 bits per heavy atom. The van der Waals surface area contributed by atoms with Crippen molar-refractivity contribution in [2.75, 3.05) is 44.7 Å². The Labute approximate surface area is 141 Å². The molecule has 0 aromatic heterocycles. The number of benzene rings is 1.